The molecule has 2 heterocycles. The van der Waals surface area contributed by atoms with E-state index in [1.165, 1.54) is 77.0 Å². The maximum atomic E-state index is 2.81. The molecule has 36 heavy (non-hydrogen) atoms. The van der Waals surface area contributed by atoms with Crippen molar-refractivity contribution in [3.63, 3.8) is 0 Å². The lowest BCUT2D eigenvalue weighted by Gasteiger charge is -2.50. The van der Waals surface area contributed by atoms with Crippen molar-refractivity contribution < 1.29 is 0 Å². The summed E-state index contributed by atoms with van der Waals surface area (Å²) in [6, 6.07) is 27.0. The molecule has 3 aromatic rings. The molecule has 0 spiro atoms. The van der Waals surface area contributed by atoms with Gasteiger partial charge in [0.05, 0.1) is 11.2 Å². The van der Waals surface area contributed by atoms with E-state index in [9.17, 15) is 0 Å². The smallest absolute Gasteiger partial charge is 0.134 e. The SMILES string of the molecule is CC1=C2C=CC(c3ccccc3)(C3CCCCC3)N2C(c2c(C)cccc2C)N1c1ccccc1C. The van der Waals surface area contributed by atoms with Crippen LogP contribution in [0.4, 0.5) is 5.69 Å². The molecule has 0 amide bonds. The zero-order valence-electron chi connectivity index (χ0n) is 22.2. The summed E-state index contributed by atoms with van der Waals surface area (Å²) in [7, 11) is 0. The Morgan fingerprint density at radius 2 is 1.33 bits per heavy atom. The zero-order valence-corrected chi connectivity index (χ0v) is 22.2. The maximum Gasteiger partial charge on any atom is 0.134 e. The minimum absolute atomic E-state index is 0.111. The molecule has 1 saturated carbocycles. The number of hydrogen-bond acceptors (Lipinski definition) is 2. The number of anilines is 1. The Kier molecular flexibility index (Phi) is 5.79. The highest BCUT2D eigenvalue weighted by Gasteiger charge is 2.55. The van der Waals surface area contributed by atoms with Crippen LogP contribution in [-0.2, 0) is 5.54 Å². The van der Waals surface area contributed by atoms with Crippen LogP contribution in [0.2, 0.25) is 0 Å². The van der Waals surface area contributed by atoms with Crippen molar-refractivity contribution in [1.82, 2.24) is 4.90 Å². The van der Waals surface area contributed by atoms with E-state index in [0.29, 0.717) is 5.92 Å². The Morgan fingerprint density at radius 1 is 0.694 bits per heavy atom. The average Bonchev–Trinajstić information content (AvgIpc) is 3.43. The lowest BCUT2D eigenvalue weighted by atomic mass is 9.70. The summed E-state index contributed by atoms with van der Waals surface area (Å²) in [6.07, 6.45) is 11.7. The summed E-state index contributed by atoms with van der Waals surface area (Å²) in [5.74, 6) is 0.596. The Labute approximate surface area is 217 Å². The molecule has 0 N–H and O–H groups in total. The minimum atomic E-state index is -0.144. The van der Waals surface area contributed by atoms with Crippen molar-refractivity contribution >= 4 is 5.69 Å². The van der Waals surface area contributed by atoms with Crippen LogP contribution < -0.4 is 4.90 Å². The predicted molar refractivity (Wildman–Crippen MR) is 151 cm³/mol. The number of nitrogens with zero attached hydrogens (tertiary/aromatic N) is 2. The van der Waals surface area contributed by atoms with Gasteiger partial charge in [-0.2, -0.15) is 0 Å². The lowest BCUT2D eigenvalue weighted by Crippen LogP contribution is -2.50. The normalized spacial score (nSPS) is 24.1. The van der Waals surface area contributed by atoms with Gasteiger partial charge in [-0.1, -0.05) is 92.1 Å². The van der Waals surface area contributed by atoms with E-state index in [1.807, 2.05) is 0 Å². The third kappa shape index (κ3) is 3.38. The van der Waals surface area contributed by atoms with Crippen LogP contribution in [0, 0.1) is 26.7 Å². The summed E-state index contributed by atoms with van der Waals surface area (Å²) in [5, 5.41) is 0. The number of hydrogen-bond donors (Lipinski definition) is 0. The van der Waals surface area contributed by atoms with Gasteiger partial charge in [0.15, 0.2) is 0 Å². The highest BCUT2D eigenvalue weighted by molar-refractivity contribution is 5.66. The molecule has 1 aliphatic carbocycles. The van der Waals surface area contributed by atoms with Crippen molar-refractivity contribution in [2.24, 2.45) is 5.92 Å². The van der Waals surface area contributed by atoms with Crippen molar-refractivity contribution in [3.05, 3.63) is 124 Å². The Morgan fingerprint density at radius 3 is 2.03 bits per heavy atom. The molecule has 2 nitrogen and oxygen atoms in total. The molecule has 0 saturated heterocycles. The van der Waals surface area contributed by atoms with E-state index in [4.69, 9.17) is 0 Å². The molecule has 2 atom stereocenters. The van der Waals surface area contributed by atoms with Gasteiger partial charge in [-0.3, -0.25) is 0 Å². The Balaban J connectivity index is 1.63. The summed E-state index contributed by atoms with van der Waals surface area (Å²) in [5.41, 5.74) is 10.8. The summed E-state index contributed by atoms with van der Waals surface area (Å²) in [6.45, 7) is 9.16. The third-order valence-corrected chi connectivity index (χ3v) is 9.01. The van der Waals surface area contributed by atoms with Gasteiger partial charge in [0.2, 0.25) is 0 Å². The lowest BCUT2D eigenvalue weighted by molar-refractivity contribution is 0.0688. The van der Waals surface area contributed by atoms with Crippen LogP contribution in [0.3, 0.4) is 0 Å². The van der Waals surface area contributed by atoms with Crippen molar-refractivity contribution in [2.75, 3.05) is 4.90 Å². The van der Waals surface area contributed by atoms with Crippen LogP contribution in [0.25, 0.3) is 0 Å². The second-order valence-electron chi connectivity index (χ2n) is 11.0. The van der Waals surface area contributed by atoms with Crippen LogP contribution >= 0.6 is 0 Å². The molecule has 3 aromatic carbocycles. The van der Waals surface area contributed by atoms with Gasteiger partial charge in [-0.05, 0) is 80.9 Å². The monoisotopic (exact) mass is 474 g/mol. The van der Waals surface area contributed by atoms with E-state index in [-0.39, 0.29) is 11.7 Å². The Bertz CT molecular complexity index is 1310. The first-order valence-corrected chi connectivity index (χ1v) is 13.7. The molecule has 3 aliphatic rings. The first kappa shape index (κ1) is 23.2. The van der Waals surface area contributed by atoms with E-state index < -0.39 is 0 Å². The van der Waals surface area contributed by atoms with Gasteiger partial charge in [0, 0.05) is 16.9 Å². The van der Waals surface area contributed by atoms with Gasteiger partial charge >= 0.3 is 0 Å². The molecule has 0 radical (unpaired) electrons. The second kappa shape index (κ2) is 9.00. The minimum Gasteiger partial charge on any atom is -0.332 e. The zero-order chi connectivity index (χ0) is 24.9. The summed E-state index contributed by atoms with van der Waals surface area (Å²) in [4.78, 5) is 5.44. The van der Waals surface area contributed by atoms with Crippen LogP contribution in [-0.4, -0.2) is 4.90 Å². The standard InChI is InChI=1S/C34H38N2/c1-24-14-11-12-21-30(24)35-27(4)31-22-23-34(28-17-7-5-8-18-28,29-19-9-6-10-20-29)36(31)33(35)32-25(2)15-13-16-26(32)3/h5,7-8,11-18,21-23,29,33H,6,9-10,19-20H2,1-4H3. The molecule has 1 fully saturated rings. The third-order valence-electron chi connectivity index (χ3n) is 9.01. The average molecular weight is 475 g/mol. The van der Waals surface area contributed by atoms with Crippen LogP contribution in [0.5, 0.6) is 0 Å². The topological polar surface area (TPSA) is 6.48 Å². The van der Waals surface area contributed by atoms with Gasteiger partial charge in [-0.25, -0.2) is 0 Å². The molecule has 0 bridgehead atoms. The fourth-order valence-electron chi connectivity index (χ4n) is 7.31. The molecule has 6 rings (SSSR count). The summed E-state index contributed by atoms with van der Waals surface area (Å²) >= 11 is 0. The quantitative estimate of drug-likeness (QED) is 0.373. The number of aryl methyl sites for hydroxylation is 3. The fourth-order valence-corrected chi connectivity index (χ4v) is 7.31. The maximum absolute atomic E-state index is 2.81. The molecule has 0 aromatic heterocycles. The Hall–Kier alpha value is -3.26. The first-order chi connectivity index (χ1) is 17.5. The van der Waals surface area contributed by atoms with Gasteiger partial charge in [0.25, 0.3) is 0 Å². The highest BCUT2D eigenvalue weighted by atomic mass is 15.5. The van der Waals surface area contributed by atoms with Crippen LogP contribution in [0.1, 0.15) is 73.0 Å². The van der Waals surface area contributed by atoms with Crippen molar-refractivity contribution in [2.45, 2.75) is 71.5 Å². The van der Waals surface area contributed by atoms with E-state index in [2.05, 4.69) is 122 Å². The fraction of sp³-hybridized carbons (Fsp3) is 0.353. The number of para-hydroxylation sites is 1. The molecule has 2 unspecified atom stereocenters. The first-order valence-electron chi connectivity index (χ1n) is 13.7. The van der Waals surface area contributed by atoms with Gasteiger partial charge in [0.1, 0.15) is 6.17 Å². The number of benzene rings is 3. The van der Waals surface area contributed by atoms with Gasteiger partial charge in [-0.15, -0.1) is 0 Å². The highest BCUT2D eigenvalue weighted by Crippen LogP contribution is 2.58. The molecular formula is C34H38N2. The van der Waals surface area contributed by atoms with E-state index >= 15 is 0 Å². The number of fused-ring (bicyclic) bond motifs is 1. The largest absolute Gasteiger partial charge is 0.332 e. The van der Waals surface area contributed by atoms with Crippen molar-refractivity contribution in [1.29, 1.82) is 0 Å². The van der Waals surface area contributed by atoms with E-state index in [0.717, 1.165) is 0 Å². The van der Waals surface area contributed by atoms with E-state index in [1.54, 1.807) is 0 Å². The summed E-state index contributed by atoms with van der Waals surface area (Å²) < 4.78 is 0. The molecule has 184 valence electrons. The van der Waals surface area contributed by atoms with Crippen molar-refractivity contribution in [3.8, 4) is 0 Å². The number of allylic oxidation sites excluding steroid dienone is 2. The predicted octanol–water partition coefficient (Wildman–Crippen LogP) is 8.71. The second-order valence-corrected chi connectivity index (χ2v) is 11.0. The van der Waals surface area contributed by atoms with Crippen LogP contribution in [0.15, 0.2) is 96.3 Å². The number of rotatable bonds is 4. The molecular weight excluding hydrogens is 436 g/mol. The molecule has 2 aliphatic heterocycles. The van der Waals surface area contributed by atoms with Gasteiger partial charge < -0.3 is 9.80 Å². The molecule has 2 heteroatoms.